The summed E-state index contributed by atoms with van der Waals surface area (Å²) in [6, 6.07) is 7.16. The van der Waals surface area contributed by atoms with E-state index in [4.69, 9.17) is 21.1 Å². The number of carbonyl (C=O) groups excluding carboxylic acids is 1. The maximum Gasteiger partial charge on any atom is 0.271 e. The van der Waals surface area contributed by atoms with E-state index in [1.165, 1.54) is 6.42 Å². The zero-order valence-electron chi connectivity index (χ0n) is 12.8. The minimum absolute atomic E-state index is 0.153. The molecule has 1 saturated carbocycles. The molecule has 3 rings (SSSR count). The summed E-state index contributed by atoms with van der Waals surface area (Å²) in [5.41, 5.74) is 1.08. The number of nitrogens with one attached hydrogen (secondary N) is 2. The molecule has 0 bridgehead atoms. The summed E-state index contributed by atoms with van der Waals surface area (Å²) in [4.78, 5) is 12.0. The van der Waals surface area contributed by atoms with Gasteiger partial charge in [-0.1, -0.05) is 11.6 Å². The minimum atomic E-state index is -0.153. The zero-order chi connectivity index (χ0) is 16.2. The minimum Gasteiger partial charge on any atom is -0.497 e. The number of hydrogen-bond donors (Lipinski definition) is 2. The highest BCUT2D eigenvalue weighted by Gasteiger charge is 2.21. The lowest BCUT2D eigenvalue weighted by atomic mass is 9.93. The van der Waals surface area contributed by atoms with Gasteiger partial charge in [-0.15, -0.1) is 0 Å². The van der Waals surface area contributed by atoms with Gasteiger partial charge in [-0.05, 0) is 37.5 Å². The van der Waals surface area contributed by atoms with Gasteiger partial charge in [0.05, 0.1) is 17.8 Å². The van der Waals surface area contributed by atoms with E-state index in [1.807, 2.05) is 0 Å². The Morgan fingerprint density at radius 1 is 1.43 bits per heavy atom. The first-order valence-corrected chi connectivity index (χ1v) is 7.85. The first-order chi connectivity index (χ1) is 11.2. The number of aromatic nitrogens is 2. The van der Waals surface area contributed by atoms with Crippen molar-refractivity contribution in [2.24, 2.45) is 0 Å². The summed E-state index contributed by atoms with van der Waals surface area (Å²) in [7, 11) is 1.58. The van der Waals surface area contributed by atoms with E-state index in [-0.39, 0.29) is 18.6 Å². The van der Waals surface area contributed by atoms with Gasteiger partial charge in [0.15, 0.2) is 0 Å². The van der Waals surface area contributed by atoms with Crippen molar-refractivity contribution >= 4 is 17.5 Å². The Hall–Kier alpha value is -2.21. The summed E-state index contributed by atoms with van der Waals surface area (Å²) in [6.45, 7) is 0.246. The Morgan fingerprint density at radius 2 is 2.26 bits per heavy atom. The van der Waals surface area contributed by atoms with Gasteiger partial charge in [0, 0.05) is 12.1 Å². The highest BCUT2D eigenvalue weighted by molar-refractivity contribution is 6.32. The van der Waals surface area contributed by atoms with Crippen molar-refractivity contribution in [3.05, 3.63) is 40.7 Å². The Morgan fingerprint density at radius 3 is 2.91 bits per heavy atom. The zero-order valence-corrected chi connectivity index (χ0v) is 13.5. The van der Waals surface area contributed by atoms with Gasteiger partial charge in [-0.2, -0.15) is 5.10 Å². The smallest absolute Gasteiger partial charge is 0.271 e. The van der Waals surface area contributed by atoms with Gasteiger partial charge in [0.2, 0.25) is 0 Å². The van der Waals surface area contributed by atoms with Crippen LogP contribution in [0.25, 0.3) is 0 Å². The number of carbonyl (C=O) groups is 1. The molecule has 2 aromatic rings. The molecule has 1 amide bonds. The van der Waals surface area contributed by atoms with Crippen molar-refractivity contribution in [2.75, 3.05) is 7.11 Å². The molecule has 2 N–H and O–H groups in total. The number of methoxy groups -OCH3 is 1. The van der Waals surface area contributed by atoms with Crippen LogP contribution >= 0.6 is 11.6 Å². The number of ether oxygens (including phenoxy) is 2. The highest BCUT2D eigenvalue weighted by atomic mass is 35.5. The van der Waals surface area contributed by atoms with Crippen LogP contribution in [0, 0.1) is 0 Å². The second kappa shape index (κ2) is 6.91. The van der Waals surface area contributed by atoms with Crippen molar-refractivity contribution in [1.29, 1.82) is 0 Å². The van der Waals surface area contributed by atoms with Crippen LogP contribution in [0.5, 0.6) is 11.5 Å². The quantitative estimate of drug-likeness (QED) is 0.851. The fraction of sp³-hybridized carbons (Fsp3) is 0.375. The number of halogens is 1. The third kappa shape index (κ3) is 3.76. The third-order valence-corrected chi connectivity index (χ3v) is 4.12. The van der Waals surface area contributed by atoms with Crippen molar-refractivity contribution in [1.82, 2.24) is 15.5 Å². The molecule has 122 valence electrons. The lowest BCUT2D eigenvalue weighted by Gasteiger charge is -2.25. The van der Waals surface area contributed by atoms with Crippen LogP contribution in [0.3, 0.4) is 0 Å². The first-order valence-electron chi connectivity index (χ1n) is 7.47. The second-order valence-electron chi connectivity index (χ2n) is 5.46. The molecule has 0 radical (unpaired) electrons. The highest BCUT2D eigenvalue weighted by Crippen LogP contribution is 2.29. The van der Waals surface area contributed by atoms with Crippen molar-refractivity contribution in [2.45, 2.75) is 31.9 Å². The van der Waals surface area contributed by atoms with Crippen molar-refractivity contribution in [3.8, 4) is 11.5 Å². The lowest BCUT2D eigenvalue weighted by molar-refractivity contribution is 0.0912. The summed E-state index contributed by atoms with van der Waals surface area (Å²) in [6.07, 6.45) is 3.26. The molecule has 1 aliphatic rings. The van der Waals surface area contributed by atoms with Gasteiger partial charge >= 0.3 is 0 Å². The summed E-state index contributed by atoms with van der Waals surface area (Å²) in [5, 5.41) is 10.2. The monoisotopic (exact) mass is 335 g/mol. The topological polar surface area (TPSA) is 76.2 Å². The van der Waals surface area contributed by atoms with E-state index in [2.05, 4.69) is 15.5 Å². The average Bonchev–Trinajstić information content (AvgIpc) is 2.98. The molecule has 1 aromatic heterocycles. The van der Waals surface area contributed by atoms with E-state index in [9.17, 15) is 4.79 Å². The molecule has 6 nitrogen and oxygen atoms in total. The number of hydrogen-bond acceptors (Lipinski definition) is 4. The van der Waals surface area contributed by atoms with Gasteiger partial charge in [-0.3, -0.25) is 9.89 Å². The molecule has 1 aromatic carbocycles. The van der Waals surface area contributed by atoms with E-state index in [1.54, 1.807) is 31.4 Å². The lowest BCUT2D eigenvalue weighted by Crippen LogP contribution is -2.39. The number of aromatic amines is 1. The van der Waals surface area contributed by atoms with E-state index in [0.717, 1.165) is 12.8 Å². The molecule has 0 unspecified atom stereocenters. The molecule has 1 fully saturated rings. The molecule has 7 heteroatoms. The van der Waals surface area contributed by atoms with E-state index < -0.39 is 0 Å². The molecule has 1 aliphatic carbocycles. The van der Waals surface area contributed by atoms with Gasteiger partial charge in [0.25, 0.3) is 5.91 Å². The van der Waals surface area contributed by atoms with E-state index in [0.29, 0.717) is 27.9 Å². The van der Waals surface area contributed by atoms with Crippen LogP contribution in [-0.2, 0) is 6.61 Å². The largest absolute Gasteiger partial charge is 0.497 e. The fourth-order valence-corrected chi connectivity index (χ4v) is 2.47. The number of amides is 1. The molecule has 1 heterocycles. The maximum absolute atomic E-state index is 12.0. The Kier molecular flexibility index (Phi) is 4.71. The SMILES string of the molecule is COc1ccc(OCc2cc(C(=O)NC3CCC3)n[nH]2)c(Cl)c1. The molecule has 0 atom stereocenters. The van der Waals surface area contributed by atoms with Crippen molar-refractivity contribution in [3.63, 3.8) is 0 Å². The van der Waals surface area contributed by atoms with E-state index >= 15 is 0 Å². The average molecular weight is 336 g/mol. The van der Waals surface area contributed by atoms with Gasteiger partial charge in [0.1, 0.15) is 23.8 Å². The number of H-pyrrole nitrogens is 1. The summed E-state index contributed by atoms with van der Waals surface area (Å²) >= 11 is 6.11. The van der Waals surface area contributed by atoms with Crippen LogP contribution in [0.1, 0.15) is 35.4 Å². The second-order valence-corrected chi connectivity index (χ2v) is 5.87. The van der Waals surface area contributed by atoms with Gasteiger partial charge < -0.3 is 14.8 Å². The predicted octanol–water partition coefficient (Wildman–Crippen LogP) is 2.93. The van der Waals surface area contributed by atoms with Crippen LogP contribution in [-0.4, -0.2) is 29.3 Å². The predicted molar refractivity (Wildman–Crippen MR) is 86.0 cm³/mol. The van der Waals surface area contributed by atoms with Crippen LogP contribution < -0.4 is 14.8 Å². The summed E-state index contributed by atoms with van der Waals surface area (Å²) in [5.74, 6) is 1.06. The maximum atomic E-state index is 12.0. The Bertz CT molecular complexity index is 698. The molecule has 0 spiro atoms. The van der Waals surface area contributed by atoms with Crippen molar-refractivity contribution < 1.29 is 14.3 Å². The van der Waals surface area contributed by atoms with Crippen LogP contribution in [0.15, 0.2) is 24.3 Å². The van der Waals surface area contributed by atoms with Crippen LogP contribution in [0.2, 0.25) is 5.02 Å². The number of rotatable bonds is 6. The Balaban J connectivity index is 1.57. The Labute approximate surface area is 139 Å². The first kappa shape index (κ1) is 15.7. The normalized spacial score (nSPS) is 14.2. The fourth-order valence-electron chi connectivity index (χ4n) is 2.24. The molecule has 23 heavy (non-hydrogen) atoms. The van der Waals surface area contributed by atoms with Gasteiger partial charge in [-0.25, -0.2) is 0 Å². The molecule has 0 aliphatic heterocycles. The molecular weight excluding hydrogens is 318 g/mol. The standard InChI is InChI=1S/C16H18ClN3O3/c1-22-12-5-6-15(13(17)8-12)23-9-11-7-14(20-19-11)16(21)18-10-3-2-4-10/h5-8,10H,2-4,9H2,1H3,(H,18,21)(H,19,20). The molecular formula is C16H18ClN3O3. The third-order valence-electron chi connectivity index (χ3n) is 3.83. The molecule has 0 saturated heterocycles. The summed E-state index contributed by atoms with van der Waals surface area (Å²) < 4.78 is 10.7. The number of nitrogens with zero attached hydrogens (tertiary/aromatic N) is 1. The number of benzene rings is 1. The van der Waals surface area contributed by atoms with Crippen LogP contribution in [0.4, 0.5) is 0 Å².